The zero-order chi connectivity index (χ0) is 13.5. The summed E-state index contributed by atoms with van der Waals surface area (Å²) in [5.41, 5.74) is 2.46. The molecule has 0 amide bonds. The Hall–Kier alpha value is -0.840. The quantitative estimate of drug-likeness (QED) is 0.906. The molecule has 3 nitrogen and oxygen atoms in total. The van der Waals surface area contributed by atoms with Crippen molar-refractivity contribution in [1.29, 1.82) is 0 Å². The third-order valence-corrected chi connectivity index (χ3v) is 5.02. The van der Waals surface area contributed by atoms with Crippen molar-refractivity contribution in [2.45, 2.75) is 18.8 Å². The van der Waals surface area contributed by atoms with Crippen molar-refractivity contribution in [2.75, 3.05) is 13.1 Å². The maximum Gasteiger partial charge on any atom is 0.0994 e. The smallest absolute Gasteiger partial charge is 0.0994 e. The van der Waals surface area contributed by atoms with E-state index in [2.05, 4.69) is 37.7 Å². The molecule has 19 heavy (non-hydrogen) atoms. The molecule has 1 aliphatic rings. The molecule has 0 aliphatic carbocycles. The molecule has 2 heterocycles. The summed E-state index contributed by atoms with van der Waals surface area (Å²) >= 11 is 9.53. The van der Waals surface area contributed by atoms with Gasteiger partial charge in [0.2, 0.25) is 0 Å². The molecule has 3 rings (SSSR count). The molecule has 5 heteroatoms. The van der Waals surface area contributed by atoms with Crippen LogP contribution >= 0.6 is 27.5 Å². The van der Waals surface area contributed by atoms with E-state index in [4.69, 9.17) is 11.6 Å². The average Bonchev–Trinajstić information content (AvgIpc) is 3.02. The highest BCUT2D eigenvalue weighted by atomic mass is 79.9. The third kappa shape index (κ3) is 2.33. The summed E-state index contributed by atoms with van der Waals surface area (Å²) in [6.45, 7) is 4.34. The van der Waals surface area contributed by atoms with Crippen LogP contribution in [0, 0.1) is 0 Å². The summed E-state index contributed by atoms with van der Waals surface area (Å²) in [5.74, 6) is 0. The maximum atomic E-state index is 6.05. The number of benzene rings is 1. The Morgan fingerprint density at radius 2 is 2.32 bits per heavy atom. The van der Waals surface area contributed by atoms with Gasteiger partial charge >= 0.3 is 0 Å². The standard InChI is InChI=1S/C14H15BrClN3/c1-14(4-5-17-8-14)13-7-18-9-19(13)10-2-3-12(16)11(15)6-10/h2-3,6-7,9,17H,4-5,8H2,1H3. The summed E-state index contributed by atoms with van der Waals surface area (Å²) < 4.78 is 3.05. The second kappa shape index (κ2) is 4.93. The first kappa shape index (κ1) is 13.2. The monoisotopic (exact) mass is 339 g/mol. The Kier molecular flexibility index (Phi) is 3.41. The average molecular weight is 341 g/mol. The Labute approximate surface area is 126 Å². The number of hydrogen-bond acceptors (Lipinski definition) is 2. The van der Waals surface area contributed by atoms with E-state index in [9.17, 15) is 0 Å². The van der Waals surface area contributed by atoms with E-state index in [1.807, 2.05) is 30.7 Å². The first-order valence-electron chi connectivity index (χ1n) is 6.29. The largest absolute Gasteiger partial charge is 0.316 e. The fourth-order valence-electron chi connectivity index (χ4n) is 2.62. The van der Waals surface area contributed by atoms with Crippen LogP contribution in [0.3, 0.4) is 0 Å². The highest BCUT2D eigenvalue weighted by Crippen LogP contribution is 2.32. The lowest BCUT2D eigenvalue weighted by Crippen LogP contribution is -2.27. The normalized spacial score (nSPS) is 22.9. The number of hydrogen-bond donors (Lipinski definition) is 1. The molecule has 0 saturated carbocycles. The molecule has 2 aromatic rings. The topological polar surface area (TPSA) is 29.9 Å². The van der Waals surface area contributed by atoms with Crippen LogP contribution in [0.25, 0.3) is 5.69 Å². The molecule has 1 unspecified atom stereocenters. The van der Waals surface area contributed by atoms with Crippen molar-refractivity contribution in [3.63, 3.8) is 0 Å². The number of nitrogens with zero attached hydrogens (tertiary/aromatic N) is 2. The Bertz CT molecular complexity index is 602. The number of aromatic nitrogens is 2. The van der Waals surface area contributed by atoms with Crippen molar-refractivity contribution < 1.29 is 0 Å². The highest BCUT2D eigenvalue weighted by Gasteiger charge is 2.33. The summed E-state index contributed by atoms with van der Waals surface area (Å²) in [5, 5.41) is 4.15. The molecule has 1 aromatic carbocycles. The minimum atomic E-state index is 0.141. The van der Waals surface area contributed by atoms with Crippen LogP contribution in [-0.2, 0) is 5.41 Å². The first-order valence-corrected chi connectivity index (χ1v) is 7.46. The van der Waals surface area contributed by atoms with Gasteiger partial charge in [-0.25, -0.2) is 4.98 Å². The van der Waals surface area contributed by atoms with Crippen LogP contribution < -0.4 is 5.32 Å². The SMILES string of the molecule is CC1(c2cncn2-c2ccc(Cl)c(Br)c2)CCNC1. The van der Waals surface area contributed by atoms with Gasteiger partial charge in [-0.3, -0.25) is 0 Å². The van der Waals surface area contributed by atoms with E-state index >= 15 is 0 Å². The lowest BCUT2D eigenvalue weighted by atomic mass is 9.86. The van der Waals surface area contributed by atoms with Crippen LogP contribution in [0.2, 0.25) is 5.02 Å². The molecular formula is C14H15BrClN3. The first-order chi connectivity index (χ1) is 9.10. The van der Waals surface area contributed by atoms with Crippen LogP contribution in [0.1, 0.15) is 19.0 Å². The van der Waals surface area contributed by atoms with E-state index in [1.54, 1.807) is 0 Å². The van der Waals surface area contributed by atoms with E-state index in [0.717, 1.165) is 34.7 Å². The lowest BCUT2D eigenvalue weighted by Gasteiger charge is -2.24. The number of nitrogens with one attached hydrogen (secondary N) is 1. The second-order valence-electron chi connectivity index (χ2n) is 5.23. The fraction of sp³-hybridized carbons (Fsp3) is 0.357. The Morgan fingerprint density at radius 3 is 3.00 bits per heavy atom. The molecule has 1 aromatic heterocycles. The van der Waals surface area contributed by atoms with E-state index in [1.165, 1.54) is 5.69 Å². The van der Waals surface area contributed by atoms with Gasteiger partial charge in [-0.2, -0.15) is 0 Å². The molecule has 0 spiro atoms. The van der Waals surface area contributed by atoms with Gasteiger partial charge in [0.05, 0.1) is 11.3 Å². The van der Waals surface area contributed by atoms with Gasteiger partial charge in [-0.15, -0.1) is 0 Å². The predicted octanol–water partition coefficient (Wildman–Crippen LogP) is 3.54. The van der Waals surface area contributed by atoms with Gasteiger partial charge in [0.25, 0.3) is 0 Å². The molecule has 0 bridgehead atoms. The van der Waals surface area contributed by atoms with Crippen LogP contribution in [0.15, 0.2) is 35.2 Å². The minimum Gasteiger partial charge on any atom is -0.316 e. The maximum absolute atomic E-state index is 6.05. The Morgan fingerprint density at radius 1 is 1.47 bits per heavy atom. The molecule has 100 valence electrons. The molecule has 1 saturated heterocycles. The van der Waals surface area contributed by atoms with Crippen LogP contribution in [0.5, 0.6) is 0 Å². The minimum absolute atomic E-state index is 0.141. The second-order valence-corrected chi connectivity index (χ2v) is 6.50. The molecule has 1 N–H and O–H groups in total. The van der Waals surface area contributed by atoms with Crippen molar-refractivity contribution in [3.05, 3.63) is 45.9 Å². The van der Waals surface area contributed by atoms with Crippen LogP contribution in [-0.4, -0.2) is 22.6 Å². The number of imidazole rings is 1. The Balaban J connectivity index is 2.06. The number of halogens is 2. The zero-order valence-electron chi connectivity index (χ0n) is 10.7. The molecule has 1 fully saturated rings. The van der Waals surface area contributed by atoms with Crippen molar-refractivity contribution in [1.82, 2.24) is 14.9 Å². The molecule has 1 atom stereocenters. The van der Waals surface area contributed by atoms with Gasteiger partial charge < -0.3 is 9.88 Å². The zero-order valence-corrected chi connectivity index (χ0v) is 13.0. The summed E-state index contributed by atoms with van der Waals surface area (Å²) in [4.78, 5) is 4.33. The van der Waals surface area contributed by atoms with E-state index in [0.29, 0.717) is 0 Å². The molecule has 0 radical (unpaired) electrons. The van der Waals surface area contributed by atoms with Crippen molar-refractivity contribution >= 4 is 27.5 Å². The van der Waals surface area contributed by atoms with E-state index in [-0.39, 0.29) is 5.41 Å². The summed E-state index contributed by atoms with van der Waals surface area (Å²) in [6, 6.07) is 5.95. The van der Waals surface area contributed by atoms with Gasteiger partial charge in [0, 0.05) is 34.0 Å². The molecule has 1 aliphatic heterocycles. The summed E-state index contributed by atoms with van der Waals surface area (Å²) in [7, 11) is 0. The van der Waals surface area contributed by atoms with Crippen molar-refractivity contribution in [3.8, 4) is 5.69 Å². The van der Waals surface area contributed by atoms with Gasteiger partial charge in [-0.05, 0) is 47.1 Å². The third-order valence-electron chi connectivity index (χ3n) is 3.81. The summed E-state index contributed by atoms with van der Waals surface area (Å²) in [6.07, 6.45) is 4.97. The van der Waals surface area contributed by atoms with Crippen molar-refractivity contribution in [2.24, 2.45) is 0 Å². The fourth-order valence-corrected chi connectivity index (χ4v) is 3.10. The predicted molar refractivity (Wildman–Crippen MR) is 81.1 cm³/mol. The van der Waals surface area contributed by atoms with Crippen LogP contribution in [0.4, 0.5) is 0 Å². The van der Waals surface area contributed by atoms with Gasteiger partial charge in [0.15, 0.2) is 0 Å². The van der Waals surface area contributed by atoms with E-state index < -0.39 is 0 Å². The molecular weight excluding hydrogens is 326 g/mol. The lowest BCUT2D eigenvalue weighted by molar-refractivity contribution is 0.499. The highest BCUT2D eigenvalue weighted by molar-refractivity contribution is 9.10. The van der Waals surface area contributed by atoms with Gasteiger partial charge in [-0.1, -0.05) is 18.5 Å². The number of rotatable bonds is 2. The van der Waals surface area contributed by atoms with Gasteiger partial charge in [0.1, 0.15) is 0 Å².